The van der Waals surface area contributed by atoms with Crippen molar-refractivity contribution in [2.45, 2.75) is 33.0 Å². The lowest BCUT2D eigenvalue weighted by Gasteiger charge is -2.25. The van der Waals surface area contributed by atoms with Gasteiger partial charge in [0.1, 0.15) is 12.4 Å². The number of carbonyl (C=O) groups excluding carboxylic acids is 1. The van der Waals surface area contributed by atoms with E-state index in [9.17, 15) is 4.79 Å². The van der Waals surface area contributed by atoms with Gasteiger partial charge in [-0.15, -0.1) is 0 Å². The summed E-state index contributed by atoms with van der Waals surface area (Å²) in [5, 5.41) is 0. The third-order valence-corrected chi connectivity index (χ3v) is 4.65. The molecule has 0 N–H and O–H groups in total. The molecule has 0 fully saturated rings. The molecular formula is C26H27NO2. The van der Waals surface area contributed by atoms with Crippen LogP contribution in [-0.2, 0) is 17.9 Å². The molecule has 3 rings (SSSR count). The molecule has 3 aromatic carbocycles. The van der Waals surface area contributed by atoms with Crippen molar-refractivity contribution in [3.05, 3.63) is 108 Å². The molecule has 0 unspecified atom stereocenters. The third kappa shape index (κ3) is 6.35. The first-order valence-corrected chi connectivity index (χ1v) is 9.91. The van der Waals surface area contributed by atoms with Crippen LogP contribution in [0.1, 0.15) is 30.5 Å². The van der Waals surface area contributed by atoms with Gasteiger partial charge in [0.25, 0.3) is 0 Å². The first-order chi connectivity index (χ1) is 14.1. The van der Waals surface area contributed by atoms with Crippen LogP contribution < -0.4 is 4.74 Å². The Labute approximate surface area is 173 Å². The zero-order chi connectivity index (χ0) is 20.5. The lowest BCUT2D eigenvalue weighted by molar-refractivity contribution is -0.128. The normalized spacial score (nSPS) is 11.0. The number of carbonyl (C=O) groups is 1. The summed E-state index contributed by atoms with van der Waals surface area (Å²) in [6, 6.07) is 28.0. The van der Waals surface area contributed by atoms with Gasteiger partial charge in [0.15, 0.2) is 0 Å². The zero-order valence-corrected chi connectivity index (χ0v) is 17.0. The number of ether oxygens (including phenoxy) is 1. The Kier molecular flexibility index (Phi) is 7.23. The van der Waals surface area contributed by atoms with E-state index < -0.39 is 0 Å². The molecule has 3 heteroatoms. The molecular weight excluding hydrogens is 358 g/mol. The first kappa shape index (κ1) is 20.4. The Hall–Kier alpha value is -3.33. The predicted octanol–water partition coefficient (Wildman–Crippen LogP) is 5.72. The van der Waals surface area contributed by atoms with Gasteiger partial charge in [-0.2, -0.15) is 0 Å². The van der Waals surface area contributed by atoms with Gasteiger partial charge in [0, 0.05) is 18.7 Å². The Bertz CT molecular complexity index is 916. The van der Waals surface area contributed by atoms with E-state index in [1.54, 1.807) is 6.08 Å². The Morgan fingerprint density at radius 3 is 2.10 bits per heavy atom. The lowest BCUT2D eigenvalue weighted by atomic mass is 10.1. The van der Waals surface area contributed by atoms with Gasteiger partial charge in [0.2, 0.25) is 5.91 Å². The molecule has 0 heterocycles. The molecule has 0 saturated carbocycles. The van der Waals surface area contributed by atoms with Crippen molar-refractivity contribution in [2.75, 3.05) is 0 Å². The van der Waals surface area contributed by atoms with Gasteiger partial charge < -0.3 is 9.64 Å². The molecule has 29 heavy (non-hydrogen) atoms. The van der Waals surface area contributed by atoms with Crippen molar-refractivity contribution < 1.29 is 9.53 Å². The van der Waals surface area contributed by atoms with Gasteiger partial charge in [-0.25, -0.2) is 0 Å². The highest BCUT2D eigenvalue weighted by molar-refractivity contribution is 5.91. The van der Waals surface area contributed by atoms with E-state index in [0.29, 0.717) is 13.2 Å². The van der Waals surface area contributed by atoms with Crippen molar-refractivity contribution in [3.63, 3.8) is 0 Å². The van der Waals surface area contributed by atoms with Crippen molar-refractivity contribution >= 4 is 12.0 Å². The van der Waals surface area contributed by atoms with Crippen molar-refractivity contribution in [2.24, 2.45) is 0 Å². The van der Waals surface area contributed by atoms with Crippen molar-refractivity contribution in [3.8, 4) is 5.75 Å². The first-order valence-electron chi connectivity index (χ1n) is 9.91. The number of rotatable bonds is 8. The van der Waals surface area contributed by atoms with E-state index in [-0.39, 0.29) is 11.9 Å². The average Bonchev–Trinajstić information content (AvgIpc) is 2.76. The molecule has 0 atom stereocenters. The van der Waals surface area contributed by atoms with E-state index in [2.05, 4.69) is 0 Å². The summed E-state index contributed by atoms with van der Waals surface area (Å²) in [5.74, 6) is 0.831. The second kappa shape index (κ2) is 10.3. The summed E-state index contributed by atoms with van der Waals surface area (Å²) in [6.07, 6.45) is 3.50. The van der Waals surface area contributed by atoms with Crippen LogP contribution in [0.5, 0.6) is 5.75 Å². The maximum atomic E-state index is 12.7. The Morgan fingerprint density at radius 2 is 1.48 bits per heavy atom. The largest absolute Gasteiger partial charge is 0.489 e. The van der Waals surface area contributed by atoms with Gasteiger partial charge in [-0.3, -0.25) is 4.79 Å². The summed E-state index contributed by atoms with van der Waals surface area (Å²) in [5.41, 5.74) is 3.23. The van der Waals surface area contributed by atoms with E-state index in [1.807, 2.05) is 110 Å². The van der Waals surface area contributed by atoms with E-state index >= 15 is 0 Å². The van der Waals surface area contributed by atoms with Crippen molar-refractivity contribution in [1.29, 1.82) is 0 Å². The molecule has 0 spiro atoms. The molecule has 3 aromatic rings. The molecule has 0 saturated heterocycles. The molecule has 0 bridgehead atoms. The number of benzene rings is 3. The monoisotopic (exact) mass is 385 g/mol. The fourth-order valence-electron chi connectivity index (χ4n) is 2.97. The van der Waals surface area contributed by atoms with Crippen LogP contribution in [0.25, 0.3) is 6.08 Å². The minimum absolute atomic E-state index is 0.00765. The highest BCUT2D eigenvalue weighted by Gasteiger charge is 2.15. The average molecular weight is 386 g/mol. The van der Waals surface area contributed by atoms with Crippen LogP contribution in [0, 0.1) is 0 Å². The smallest absolute Gasteiger partial charge is 0.247 e. The topological polar surface area (TPSA) is 29.5 Å². The molecule has 0 aliphatic heterocycles. The maximum Gasteiger partial charge on any atom is 0.247 e. The lowest BCUT2D eigenvalue weighted by Crippen LogP contribution is -2.35. The summed E-state index contributed by atoms with van der Waals surface area (Å²) in [6.45, 7) is 5.17. The van der Waals surface area contributed by atoms with E-state index in [4.69, 9.17) is 4.74 Å². The number of amides is 1. The van der Waals surface area contributed by atoms with Crippen LogP contribution in [-0.4, -0.2) is 16.8 Å². The van der Waals surface area contributed by atoms with Gasteiger partial charge >= 0.3 is 0 Å². The molecule has 0 aliphatic rings. The predicted molar refractivity (Wildman–Crippen MR) is 118 cm³/mol. The summed E-state index contributed by atoms with van der Waals surface area (Å²) < 4.78 is 5.84. The zero-order valence-electron chi connectivity index (χ0n) is 17.0. The van der Waals surface area contributed by atoms with Gasteiger partial charge in [-0.1, -0.05) is 72.8 Å². The second-order valence-electron chi connectivity index (χ2n) is 7.22. The minimum Gasteiger partial charge on any atom is -0.489 e. The molecule has 1 amide bonds. The summed E-state index contributed by atoms with van der Waals surface area (Å²) in [4.78, 5) is 14.6. The van der Waals surface area contributed by atoms with Crippen LogP contribution in [0.3, 0.4) is 0 Å². The molecule has 3 nitrogen and oxygen atoms in total. The number of hydrogen-bond donors (Lipinski definition) is 0. The fraction of sp³-hybridized carbons (Fsp3) is 0.192. The minimum atomic E-state index is 0.00765. The SMILES string of the molecule is CC(C)N(Cc1ccc(OCc2ccccc2)cc1)C(=O)/C=C/c1ccccc1. The van der Waals surface area contributed by atoms with Gasteiger partial charge in [0.05, 0.1) is 0 Å². The van der Waals surface area contributed by atoms with E-state index in [1.165, 1.54) is 0 Å². The van der Waals surface area contributed by atoms with Crippen molar-refractivity contribution in [1.82, 2.24) is 4.90 Å². The molecule has 0 aliphatic carbocycles. The summed E-state index contributed by atoms with van der Waals surface area (Å²) >= 11 is 0. The highest BCUT2D eigenvalue weighted by atomic mass is 16.5. The second-order valence-corrected chi connectivity index (χ2v) is 7.22. The van der Waals surface area contributed by atoms with Crippen LogP contribution >= 0.6 is 0 Å². The quantitative estimate of drug-likeness (QED) is 0.464. The molecule has 0 radical (unpaired) electrons. The number of hydrogen-bond acceptors (Lipinski definition) is 2. The van der Waals surface area contributed by atoms with Crippen LogP contribution in [0.2, 0.25) is 0 Å². The highest BCUT2D eigenvalue weighted by Crippen LogP contribution is 2.17. The van der Waals surface area contributed by atoms with E-state index in [0.717, 1.165) is 22.4 Å². The third-order valence-electron chi connectivity index (χ3n) is 4.65. The molecule has 0 aromatic heterocycles. The molecule has 148 valence electrons. The van der Waals surface area contributed by atoms with Crippen LogP contribution in [0.4, 0.5) is 0 Å². The fourth-order valence-corrected chi connectivity index (χ4v) is 2.97. The standard InChI is InChI=1S/C26H27NO2/c1-21(2)27(26(28)18-15-22-9-5-3-6-10-22)19-23-13-16-25(17-14-23)29-20-24-11-7-4-8-12-24/h3-18,21H,19-20H2,1-2H3/b18-15+. The van der Waals surface area contributed by atoms with Crippen LogP contribution in [0.15, 0.2) is 91.0 Å². The summed E-state index contributed by atoms with van der Waals surface area (Å²) in [7, 11) is 0. The Morgan fingerprint density at radius 1 is 0.862 bits per heavy atom. The number of nitrogens with zero attached hydrogens (tertiary/aromatic N) is 1. The van der Waals surface area contributed by atoms with Gasteiger partial charge in [-0.05, 0) is 48.7 Å². The Balaban J connectivity index is 1.60. The maximum absolute atomic E-state index is 12.7.